The number of aromatic nitrogens is 1. The Morgan fingerprint density at radius 1 is 1.83 bits per heavy atom. The van der Waals surface area contributed by atoms with E-state index >= 15 is 0 Å². The van der Waals surface area contributed by atoms with E-state index in [-0.39, 0.29) is 4.47 Å². The van der Waals surface area contributed by atoms with Gasteiger partial charge in [0.15, 0.2) is 0 Å². The molecule has 3 nitrogen and oxygen atoms in total. The predicted octanol–water partition coefficient (Wildman–Crippen LogP) is 1.87. The fourth-order valence-electron chi connectivity index (χ4n) is 0.419. The van der Waals surface area contributed by atoms with Crippen molar-refractivity contribution in [3.63, 3.8) is 0 Å². The van der Waals surface area contributed by atoms with Gasteiger partial charge in [-0.05, 0) is 6.04 Å². The third-order valence-electron chi connectivity index (χ3n) is 0.780. The number of halogens is 1. The van der Waals surface area contributed by atoms with Crippen molar-refractivity contribution >= 4 is 15.9 Å². The summed E-state index contributed by atoms with van der Waals surface area (Å²) in [5.41, 5.74) is 0. The molecule has 12 heavy (non-hydrogen) atoms. The average Bonchev–Trinajstić information content (AvgIpc) is 2.30. The van der Waals surface area contributed by atoms with Gasteiger partial charge in [-0.2, -0.15) is 0 Å². The molecule has 0 N–H and O–H groups in total. The van der Waals surface area contributed by atoms with Gasteiger partial charge in [-0.25, -0.2) is 4.98 Å². The largest absolute Gasteiger partial charge is 0.475 e. The molecule has 1 heterocycles. The van der Waals surface area contributed by atoms with Crippen LogP contribution >= 0.6 is 15.9 Å². The van der Waals surface area contributed by atoms with E-state index in [4.69, 9.17) is 13.7 Å². The summed E-state index contributed by atoms with van der Waals surface area (Å²) in [5, 5.41) is 0. The minimum Gasteiger partial charge on any atom is -0.475 e. The number of rotatable bonds is 4. The third-order valence-corrected chi connectivity index (χ3v) is 1.18. The van der Waals surface area contributed by atoms with Gasteiger partial charge >= 0.3 is 0 Å². The van der Waals surface area contributed by atoms with Crippen LogP contribution in [0.1, 0.15) is 13.7 Å². The normalized spacial score (nSPS) is 25.4. The summed E-state index contributed by atoms with van der Waals surface area (Å²) in [5.74, 6) is -0.782. The standard InChI is InChI=1S/C8H10BrNO2/c1-11-4-5-12-8-6-7(9)2-3-10-8/h2-3,6H,4-5H2,1H3/i1D3,2D,3D,4D2,5D2,6D. The molecule has 0 aliphatic carbocycles. The highest BCUT2D eigenvalue weighted by Gasteiger charge is 1.94. The van der Waals surface area contributed by atoms with Crippen molar-refractivity contribution in [1.82, 2.24) is 4.98 Å². The zero-order chi connectivity index (χ0) is 17.5. The smallest absolute Gasteiger partial charge is 0.214 e. The van der Waals surface area contributed by atoms with E-state index in [1.54, 1.807) is 0 Å². The minimum absolute atomic E-state index is 0.199. The third kappa shape index (κ3) is 3.19. The summed E-state index contributed by atoms with van der Waals surface area (Å²) in [6, 6.07) is -1.02. The molecular formula is C8H10BrNO2. The van der Waals surface area contributed by atoms with Crippen LogP contribution < -0.4 is 4.74 Å². The molecule has 4 heteroatoms. The van der Waals surface area contributed by atoms with Gasteiger partial charge in [0, 0.05) is 23.7 Å². The van der Waals surface area contributed by atoms with E-state index < -0.39 is 44.3 Å². The first-order valence-corrected chi connectivity index (χ1v) is 3.50. The van der Waals surface area contributed by atoms with E-state index in [0.717, 1.165) is 0 Å². The van der Waals surface area contributed by atoms with E-state index in [9.17, 15) is 0 Å². The van der Waals surface area contributed by atoms with E-state index in [0.29, 0.717) is 0 Å². The molecule has 66 valence electrons. The molecule has 1 aromatic rings. The van der Waals surface area contributed by atoms with Crippen molar-refractivity contribution in [3.05, 3.63) is 22.7 Å². The van der Waals surface area contributed by atoms with Crippen LogP contribution in [0.25, 0.3) is 0 Å². The Morgan fingerprint density at radius 2 is 2.75 bits per heavy atom. The maximum atomic E-state index is 7.62. The molecule has 0 radical (unpaired) electrons. The van der Waals surface area contributed by atoms with E-state index in [2.05, 4.69) is 30.4 Å². The Hall–Kier alpha value is -0.610. The molecule has 0 saturated carbocycles. The predicted molar refractivity (Wildman–Crippen MR) is 49.3 cm³/mol. The number of methoxy groups -OCH3 is 1. The van der Waals surface area contributed by atoms with Crippen LogP contribution in [0, 0.1) is 0 Å². The van der Waals surface area contributed by atoms with Crippen molar-refractivity contribution in [2.45, 2.75) is 0 Å². The van der Waals surface area contributed by atoms with Gasteiger partial charge in [-0.3, -0.25) is 0 Å². The lowest BCUT2D eigenvalue weighted by atomic mass is 10.5. The molecule has 0 aliphatic heterocycles. The molecule has 1 rings (SSSR count). The number of pyridine rings is 1. The van der Waals surface area contributed by atoms with Gasteiger partial charge in [0.05, 0.1) is 20.3 Å². The van der Waals surface area contributed by atoms with E-state index in [1.165, 1.54) is 0 Å². The molecule has 0 aliphatic rings. The lowest BCUT2D eigenvalue weighted by Crippen LogP contribution is -2.04. The Labute approximate surface area is 93.9 Å². The van der Waals surface area contributed by atoms with Gasteiger partial charge in [0.2, 0.25) is 5.88 Å². The summed E-state index contributed by atoms with van der Waals surface area (Å²) in [7, 11) is -3.22. The summed E-state index contributed by atoms with van der Waals surface area (Å²) in [6.45, 7) is -6.71. The first-order chi connectivity index (χ1) is 9.68. The fourth-order valence-corrected chi connectivity index (χ4v) is 0.677. The molecule has 0 fully saturated rings. The van der Waals surface area contributed by atoms with Crippen molar-refractivity contribution in [2.75, 3.05) is 20.2 Å². The summed E-state index contributed by atoms with van der Waals surface area (Å²) >= 11 is 2.84. The minimum atomic E-state index is -3.39. The Bertz CT molecular complexity index is 575. The zero-order valence-electron chi connectivity index (χ0n) is 15.6. The second-order valence-electron chi connectivity index (χ2n) is 1.50. The van der Waals surface area contributed by atoms with Gasteiger partial charge < -0.3 is 9.47 Å². The lowest BCUT2D eigenvalue weighted by Gasteiger charge is -2.03. The highest BCUT2D eigenvalue weighted by atomic mass is 79.9. The number of ether oxygens (including phenoxy) is 2. The summed E-state index contributed by atoms with van der Waals surface area (Å²) in [6.07, 6.45) is -0.633. The monoisotopic (exact) mass is 241 g/mol. The maximum Gasteiger partial charge on any atom is 0.214 e. The van der Waals surface area contributed by atoms with Crippen LogP contribution in [0.15, 0.2) is 22.7 Å². The van der Waals surface area contributed by atoms with Crippen molar-refractivity contribution in [3.8, 4) is 5.88 Å². The van der Waals surface area contributed by atoms with Crippen molar-refractivity contribution < 1.29 is 23.2 Å². The van der Waals surface area contributed by atoms with Crippen LogP contribution in [0.4, 0.5) is 0 Å². The number of hydrogen-bond donors (Lipinski definition) is 0. The quantitative estimate of drug-likeness (QED) is 0.807. The fraction of sp³-hybridized carbons (Fsp3) is 0.375. The average molecular weight is 242 g/mol. The molecule has 0 atom stereocenters. The van der Waals surface area contributed by atoms with Gasteiger partial charge in [0.1, 0.15) is 6.56 Å². The van der Waals surface area contributed by atoms with Crippen LogP contribution in [-0.4, -0.2) is 25.1 Å². The van der Waals surface area contributed by atoms with Crippen LogP contribution in [0.5, 0.6) is 5.88 Å². The molecular weight excluding hydrogens is 222 g/mol. The van der Waals surface area contributed by atoms with Gasteiger partial charge in [-0.1, -0.05) is 15.9 Å². The number of nitrogens with zero attached hydrogens (tertiary/aromatic N) is 1. The topological polar surface area (TPSA) is 31.4 Å². The van der Waals surface area contributed by atoms with Crippen LogP contribution in [0.3, 0.4) is 0 Å². The first kappa shape index (κ1) is 2.69. The molecule has 0 unspecified atom stereocenters. The van der Waals surface area contributed by atoms with Gasteiger partial charge in [0.25, 0.3) is 0 Å². The van der Waals surface area contributed by atoms with Crippen LogP contribution in [-0.2, 0) is 4.74 Å². The highest BCUT2D eigenvalue weighted by Crippen LogP contribution is 2.14. The molecule has 0 amide bonds. The van der Waals surface area contributed by atoms with E-state index in [1.807, 2.05) is 0 Å². The second-order valence-corrected chi connectivity index (χ2v) is 2.29. The second kappa shape index (κ2) is 5.11. The maximum absolute atomic E-state index is 7.62. The lowest BCUT2D eigenvalue weighted by molar-refractivity contribution is 0.143. The first-order valence-electron chi connectivity index (χ1n) is 7.70. The number of hydrogen-bond acceptors (Lipinski definition) is 3. The summed E-state index contributed by atoms with van der Waals surface area (Å²) in [4.78, 5) is 3.36. The highest BCUT2D eigenvalue weighted by molar-refractivity contribution is 9.10. The van der Waals surface area contributed by atoms with Crippen LogP contribution in [0.2, 0.25) is 0 Å². The van der Waals surface area contributed by atoms with Gasteiger partial charge in [-0.15, -0.1) is 0 Å². The van der Waals surface area contributed by atoms with Crippen molar-refractivity contribution in [2.24, 2.45) is 0 Å². The Kier molecular flexibility index (Phi) is 1.14. The molecule has 1 aromatic heterocycles. The molecule has 0 saturated heterocycles. The zero-order valence-corrected chi connectivity index (χ0v) is 7.23. The molecule has 0 spiro atoms. The summed E-state index contributed by atoms with van der Waals surface area (Å²) < 4.78 is 81.0. The Morgan fingerprint density at radius 3 is 3.58 bits per heavy atom. The SMILES string of the molecule is [2H]c1nc(OC([2H])([2H])C([2H])([2H])OC([2H])([2H])[2H])c([2H])c(Br)c1[2H]. The van der Waals surface area contributed by atoms with Crippen molar-refractivity contribution in [1.29, 1.82) is 0 Å². The molecule has 0 bridgehead atoms. The Balaban J connectivity index is 3.17. The molecule has 0 aromatic carbocycles.